The molecule has 1 amide bonds. The number of nitrogens with zero attached hydrogens (tertiary/aromatic N) is 3. The summed E-state index contributed by atoms with van der Waals surface area (Å²) in [6, 6.07) is 8.30. The van der Waals surface area contributed by atoms with Crippen molar-refractivity contribution in [2.75, 3.05) is 31.5 Å². The molecular formula is C25H34N4O3S2. The number of thiophene rings is 1. The molecule has 0 aliphatic carbocycles. The number of benzene rings is 1. The highest BCUT2D eigenvalue weighted by Gasteiger charge is 2.27. The SMILES string of the molecule is CCN1CCc2c(sc(NC(=O)c3ccc(S(=O)(=O)N(CC(C)C)CC(C)C)cc3)c2C#N)C1. The van der Waals surface area contributed by atoms with Gasteiger partial charge in [-0.15, -0.1) is 11.3 Å². The summed E-state index contributed by atoms with van der Waals surface area (Å²) < 4.78 is 27.9. The third kappa shape index (κ3) is 5.87. The van der Waals surface area contributed by atoms with Crippen molar-refractivity contribution in [3.63, 3.8) is 0 Å². The molecule has 0 unspecified atom stereocenters. The molecule has 34 heavy (non-hydrogen) atoms. The van der Waals surface area contributed by atoms with Crippen LogP contribution < -0.4 is 5.32 Å². The van der Waals surface area contributed by atoms with Gasteiger partial charge in [0.2, 0.25) is 10.0 Å². The molecule has 0 saturated carbocycles. The van der Waals surface area contributed by atoms with Gasteiger partial charge in [-0.2, -0.15) is 9.57 Å². The monoisotopic (exact) mass is 502 g/mol. The van der Waals surface area contributed by atoms with Crippen molar-refractivity contribution in [2.45, 2.75) is 52.5 Å². The van der Waals surface area contributed by atoms with Crippen LogP contribution >= 0.6 is 11.3 Å². The molecule has 9 heteroatoms. The standard InChI is InChI=1S/C25H34N4O3S2/c1-6-28-12-11-21-22(13-26)25(33-23(21)16-28)27-24(30)19-7-9-20(10-8-19)34(31,32)29(14-17(2)3)15-18(4)5/h7-10,17-18H,6,11-12,14-16H2,1-5H3,(H,27,30). The average molecular weight is 503 g/mol. The fourth-order valence-corrected chi connectivity index (χ4v) is 7.12. The lowest BCUT2D eigenvalue weighted by molar-refractivity contribution is 0.102. The average Bonchev–Trinajstić information content (AvgIpc) is 3.13. The number of carbonyl (C=O) groups is 1. The van der Waals surface area contributed by atoms with E-state index in [1.165, 1.54) is 39.9 Å². The van der Waals surface area contributed by atoms with E-state index in [1.54, 1.807) is 0 Å². The molecule has 0 saturated heterocycles. The van der Waals surface area contributed by atoms with Crippen LogP contribution in [0, 0.1) is 23.2 Å². The van der Waals surface area contributed by atoms with E-state index in [1.807, 2.05) is 27.7 Å². The molecule has 1 N–H and O–H groups in total. The zero-order valence-corrected chi connectivity index (χ0v) is 22.2. The van der Waals surface area contributed by atoms with Gasteiger partial charge in [0.05, 0.1) is 10.5 Å². The molecule has 1 aromatic carbocycles. The number of sulfonamides is 1. The minimum Gasteiger partial charge on any atom is -0.312 e. The molecule has 1 aromatic heterocycles. The van der Waals surface area contributed by atoms with Crippen LogP contribution in [0.15, 0.2) is 29.2 Å². The van der Waals surface area contributed by atoms with Crippen LogP contribution in [0.2, 0.25) is 0 Å². The first-order valence-corrected chi connectivity index (χ1v) is 14.0. The first-order valence-electron chi connectivity index (χ1n) is 11.7. The van der Waals surface area contributed by atoms with Crippen LogP contribution in [0.1, 0.15) is 61.0 Å². The van der Waals surface area contributed by atoms with Gasteiger partial charge >= 0.3 is 0 Å². The maximum absolute atomic E-state index is 13.2. The molecule has 2 aromatic rings. The summed E-state index contributed by atoms with van der Waals surface area (Å²) >= 11 is 1.45. The summed E-state index contributed by atoms with van der Waals surface area (Å²) in [4.78, 5) is 16.5. The lowest BCUT2D eigenvalue weighted by Gasteiger charge is -2.25. The number of amides is 1. The minimum atomic E-state index is -3.66. The first kappa shape index (κ1) is 26.4. The van der Waals surface area contributed by atoms with Gasteiger partial charge in [-0.25, -0.2) is 8.42 Å². The maximum Gasteiger partial charge on any atom is 0.256 e. The molecule has 7 nitrogen and oxygen atoms in total. The summed E-state index contributed by atoms with van der Waals surface area (Å²) in [5.74, 6) is 0.0514. The smallest absolute Gasteiger partial charge is 0.256 e. The van der Waals surface area contributed by atoms with E-state index in [0.29, 0.717) is 29.2 Å². The molecule has 0 radical (unpaired) electrons. The summed E-state index contributed by atoms with van der Waals surface area (Å²) in [6.45, 7) is 13.6. The van der Waals surface area contributed by atoms with Crippen LogP contribution in [0.4, 0.5) is 5.00 Å². The third-order valence-corrected chi connectivity index (χ3v) is 8.79. The Labute approximate surface area is 207 Å². The number of hydrogen-bond acceptors (Lipinski definition) is 6. The van der Waals surface area contributed by atoms with Gasteiger partial charge in [0.1, 0.15) is 11.1 Å². The number of hydrogen-bond donors (Lipinski definition) is 1. The fourth-order valence-electron chi connectivity index (χ4n) is 4.12. The van der Waals surface area contributed by atoms with Gasteiger partial charge in [0, 0.05) is 36.6 Å². The van der Waals surface area contributed by atoms with E-state index in [2.05, 4.69) is 23.2 Å². The minimum absolute atomic E-state index is 0.175. The molecule has 0 spiro atoms. The Morgan fingerprint density at radius 1 is 1.18 bits per heavy atom. The van der Waals surface area contributed by atoms with Crippen LogP contribution in [0.3, 0.4) is 0 Å². The molecule has 2 heterocycles. The Kier molecular flexibility index (Phi) is 8.52. The van der Waals surface area contributed by atoms with Crippen molar-refractivity contribution in [1.82, 2.24) is 9.21 Å². The highest BCUT2D eigenvalue weighted by molar-refractivity contribution is 7.89. The number of nitrogens with one attached hydrogen (secondary N) is 1. The van der Waals surface area contributed by atoms with Gasteiger partial charge in [-0.1, -0.05) is 34.6 Å². The number of fused-ring (bicyclic) bond motifs is 1. The van der Waals surface area contributed by atoms with Crippen LogP contribution in [-0.2, 0) is 23.0 Å². The van der Waals surface area contributed by atoms with Crippen molar-refractivity contribution in [1.29, 1.82) is 5.26 Å². The van der Waals surface area contributed by atoms with E-state index in [-0.39, 0.29) is 22.6 Å². The summed E-state index contributed by atoms with van der Waals surface area (Å²) in [6.07, 6.45) is 0.800. The van der Waals surface area contributed by atoms with E-state index in [9.17, 15) is 18.5 Å². The Morgan fingerprint density at radius 2 is 1.79 bits per heavy atom. The summed E-state index contributed by atoms with van der Waals surface area (Å²) in [5.41, 5.74) is 1.93. The van der Waals surface area contributed by atoms with Gasteiger partial charge < -0.3 is 5.32 Å². The second kappa shape index (κ2) is 11.0. The normalized spacial score (nSPS) is 14.4. The Balaban J connectivity index is 1.80. The molecule has 1 aliphatic heterocycles. The quantitative estimate of drug-likeness (QED) is 0.543. The maximum atomic E-state index is 13.2. The number of anilines is 1. The largest absolute Gasteiger partial charge is 0.312 e. The zero-order valence-electron chi connectivity index (χ0n) is 20.6. The lowest BCUT2D eigenvalue weighted by Crippen LogP contribution is -2.37. The molecule has 0 bridgehead atoms. The number of likely N-dealkylation sites (N-methyl/N-ethyl adjacent to an activating group) is 1. The van der Waals surface area contributed by atoms with E-state index in [4.69, 9.17) is 0 Å². The van der Waals surface area contributed by atoms with E-state index in [0.717, 1.165) is 36.5 Å². The number of rotatable bonds is 9. The van der Waals surface area contributed by atoms with Crippen molar-refractivity contribution in [2.24, 2.45) is 11.8 Å². The van der Waals surface area contributed by atoms with E-state index < -0.39 is 10.0 Å². The summed E-state index contributed by atoms with van der Waals surface area (Å²) in [5, 5.41) is 13.1. The third-order valence-electron chi connectivity index (χ3n) is 5.81. The summed E-state index contributed by atoms with van der Waals surface area (Å²) in [7, 11) is -3.66. The molecule has 0 atom stereocenters. The van der Waals surface area contributed by atoms with Crippen LogP contribution in [0.5, 0.6) is 0 Å². The van der Waals surface area contributed by atoms with Crippen molar-refractivity contribution >= 4 is 32.3 Å². The Bertz CT molecular complexity index is 1150. The van der Waals surface area contributed by atoms with Crippen molar-refractivity contribution in [3.05, 3.63) is 45.8 Å². The predicted molar refractivity (Wildman–Crippen MR) is 137 cm³/mol. The van der Waals surface area contributed by atoms with Crippen molar-refractivity contribution < 1.29 is 13.2 Å². The van der Waals surface area contributed by atoms with Gasteiger partial charge in [0.25, 0.3) is 5.91 Å². The molecular weight excluding hydrogens is 468 g/mol. The van der Waals surface area contributed by atoms with Gasteiger partial charge in [-0.05, 0) is 54.6 Å². The highest BCUT2D eigenvalue weighted by atomic mass is 32.2. The predicted octanol–water partition coefficient (Wildman–Crippen LogP) is 4.55. The first-order chi connectivity index (χ1) is 16.1. The number of nitriles is 1. The van der Waals surface area contributed by atoms with Crippen LogP contribution in [-0.4, -0.2) is 49.7 Å². The number of carbonyl (C=O) groups excluding carboxylic acids is 1. The molecule has 3 rings (SSSR count). The molecule has 1 aliphatic rings. The molecule has 0 fully saturated rings. The Hall–Kier alpha value is -2.25. The zero-order chi connectivity index (χ0) is 25.0. The van der Waals surface area contributed by atoms with Crippen molar-refractivity contribution in [3.8, 4) is 6.07 Å². The van der Waals surface area contributed by atoms with Crippen LogP contribution in [0.25, 0.3) is 0 Å². The highest BCUT2D eigenvalue weighted by Crippen LogP contribution is 2.36. The van der Waals surface area contributed by atoms with Gasteiger partial charge in [0.15, 0.2) is 0 Å². The second-order valence-electron chi connectivity index (χ2n) is 9.53. The van der Waals surface area contributed by atoms with Gasteiger partial charge in [-0.3, -0.25) is 9.69 Å². The topological polar surface area (TPSA) is 93.5 Å². The Morgan fingerprint density at radius 3 is 2.32 bits per heavy atom. The second-order valence-corrected chi connectivity index (χ2v) is 12.6. The van der Waals surface area contributed by atoms with E-state index >= 15 is 0 Å². The fraction of sp³-hybridized carbons (Fsp3) is 0.520. The molecule has 184 valence electrons. The lowest BCUT2D eigenvalue weighted by atomic mass is 10.0.